The van der Waals surface area contributed by atoms with Gasteiger partial charge in [0.25, 0.3) is 0 Å². The van der Waals surface area contributed by atoms with Gasteiger partial charge >= 0.3 is 8.09 Å². The lowest BCUT2D eigenvalue weighted by Gasteiger charge is -2.32. The quantitative estimate of drug-likeness (QED) is 0.124. The molecular formula is C40H24Cl6N7O3P. The van der Waals surface area contributed by atoms with E-state index in [2.05, 4.69) is 20.6 Å². The summed E-state index contributed by atoms with van der Waals surface area (Å²) in [7, 11) is -4.15. The van der Waals surface area contributed by atoms with Gasteiger partial charge in [-0.15, -0.1) is 14.9 Å². The van der Waals surface area contributed by atoms with Crippen LogP contribution in [0.4, 0.5) is 0 Å². The monoisotopic (exact) mass is 891 g/mol. The van der Waals surface area contributed by atoms with Crippen LogP contribution in [0.15, 0.2) is 97.3 Å². The molecule has 0 amide bonds. The summed E-state index contributed by atoms with van der Waals surface area (Å²) in [5, 5.41) is 23.3. The molecule has 0 atom stereocenters. The van der Waals surface area contributed by atoms with Crippen LogP contribution in [-0.2, 0) is 0 Å². The molecule has 0 spiro atoms. The molecule has 1 fully saturated rings. The van der Waals surface area contributed by atoms with Crippen LogP contribution in [0.5, 0.6) is 11.5 Å². The van der Waals surface area contributed by atoms with Gasteiger partial charge in [0, 0.05) is 24.2 Å². The zero-order chi connectivity index (χ0) is 39.2. The van der Waals surface area contributed by atoms with E-state index in [1.165, 1.54) is 9.36 Å². The molecule has 2 aliphatic heterocycles. The van der Waals surface area contributed by atoms with Gasteiger partial charge in [-0.1, -0.05) is 129 Å². The van der Waals surface area contributed by atoms with E-state index in [9.17, 15) is 0 Å². The number of rotatable bonds is 5. The van der Waals surface area contributed by atoms with Crippen molar-refractivity contribution in [2.75, 3.05) is 13.1 Å². The number of aromatic nitrogens is 6. The minimum Gasteiger partial charge on any atom is -0.601 e. The third kappa shape index (κ3) is 6.30. The molecule has 0 bridgehead atoms. The summed E-state index contributed by atoms with van der Waals surface area (Å²) in [5.41, 5.74) is 4.20. The van der Waals surface area contributed by atoms with Gasteiger partial charge in [0.2, 0.25) is 0 Å². The van der Waals surface area contributed by atoms with Crippen molar-refractivity contribution < 1.29 is 13.9 Å². The van der Waals surface area contributed by atoms with E-state index >= 15 is 4.89 Å². The van der Waals surface area contributed by atoms with Gasteiger partial charge in [0.05, 0.1) is 65.0 Å². The first-order valence-corrected chi connectivity index (χ1v) is 21.3. The normalized spacial score (nSPS) is 15.0. The van der Waals surface area contributed by atoms with E-state index < -0.39 is 8.09 Å². The number of fused-ring (bicyclic) bond motifs is 7. The maximum atomic E-state index is 15.6. The summed E-state index contributed by atoms with van der Waals surface area (Å²) in [4.78, 5) is 15.6. The molecular weight excluding hydrogens is 870 g/mol. The van der Waals surface area contributed by atoms with Crippen molar-refractivity contribution in [3.63, 3.8) is 0 Å². The maximum Gasteiger partial charge on any atom is 0.411 e. The Morgan fingerprint density at radius 3 is 1.42 bits per heavy atom. The maximum absolute atomic E-state index is 15.6. The van der Waals surface area contributed by atoms with Crippen LogP contribution in [0.2, 0.25) is 30.1 Å². The highest BCUT2D eigenvalue weighted by Crippen LogP contribution is 2.66. The molecule has 0 aliphatic carbocycles. The molecule has 6 aromatic carbocycles. The van der Waals surface area contributed by atoms with Gasteiger partial charge in [-0.2, -0.15) is 0 Å². The third-order valence-electron chi connectivity index (χ3n) is 10.1. The smallest absolute Gasteiger partial charge is 0.411 e. The molecule has 10 rings (SSSR count). The Kier molecular flexibility index (Phi) is 9.29. The molecule has 0 saturated carbocycles. The Morgan fingerprint density at radius 1 is 0.544 bits per heavy atom. The van der Waals surface area contributed by atoms with Crippen molar-refractivity contribution >= 4 is 99.2 Å². The van der Waals surface area contributed by atoms with Gasteiger partial charge in [0.1, 0.15) is 11.4 Å². The van der Waals surface area contributed by atoms with Crippen LogP contribution in [0, 0.1) is 0 Å². The van der Waals surface area contributed by atoms with Crippen LogP contribution >= 0.6 is 77.7 Å². The number of hydrogen-bond donors (Lipinski definition) is 0. The molecule has 4 heterocycles. The number of halogens is 6. The molecule has 0 N–H and O–H groups in total. The lowest BCUT2D eigenvalue weighted by atomic mass is 9.88. The standard InChI is InChI=1S/C40H24Cl6N7O3P/c41-27-15-31(45)35(17-29(27)43)52-19-33(47-49-52)25-13-21-7-1-3-9-23(21)37-38-24-10-4-2-8-22(24)14-26(40(38)56-57(54,55-39(25)37)51-11-5-6-12-51)34-20-53(50-48-34)36-18-30(44)28(42)16-32(36)46/h1-4,7-10,13-20H,5-6,11-12H2. The molecule has 284 valence electrons. The molecule has 57 heavy (non-hydrogen) atoms. The summed E-state index contributed by atoms with van der Waals surface area (Å²) in [5.74, 6) is 0.645. The first-order chi connectivity index (χ1) is 27.6. The molecule has 10 nitrogen and oxygen atoms in total. The van der Waals surface area contributed by atoms with E-state index in [1.54, 1.807) is 41.3 Å². The van der Waals surface area contributed by atoms with E-state index in [-0.39, 0.29) is 0 Å². The first kappa shape index (κ1) is 37.1. The van der Waals surface area contributed by atoms with E-state index in [0.717, 1.165) is 34.4 Å². The van der Waals surface area contributed by atoms with Crippen molar-refractivity contribution in [1.82, 2.24) is 34.7 Å². The second-order valence-corrected chi connectivity index (χ2v) is 17.9. The van der Waals surface area contributed by atoms with Crippen molar-refractivity contribution in [3.05, 3.63) is 127 Å². The lowest BCUT2D eigenvalue weighted by molar-refractivity contribution is -0.216. The van der Waals surface area contributed by atoms with Gasteiger partial charge in [-0.3, -0.25) is 9.05 Å². The van der Waals surface area contributed by atoms with Crippen LogP contribution < -0.4 is 13.9 Å². The van der Waals surface area contributed by atoms with Gasteiger partial charge in [0.15, 0.2) is 11.5 Å². The van der Waals surface area contributed by atoms with Crippen molar-refractivity contribution in [2.45, 2.75) is 12.8 Å². The fourth-order valence-electron chi connectivity index (χ4n) is 7.42. The number of nitrogens with zero attached hydrogens (tertiary/aromatic N) is 7. The molecule has 0 radical (unpaired) electrons. The largest absolute Gasteiger partial charge is 0.601 e. The molecule has 1 saturated heterocycles. The molecule has 2 aromatic heterocycles. The Labute approximate surface area is 355 Å². The summed E-state index contributed by atoms with van der Waals surface area (Å²) in [6.07, 6.45) is 5.08. The highest BCUT2D eigenvalue weighted by molar-refractivity contribution is 7.57. The predicted octanol–water partition coefficient (Wildman–Crippen LogP) is 12.0. The third-order valence-corrected chi connectivity index (χ3v) is 14.1. The van der Waals surface area contributed by atoms with Gasteiger partial charge in [-0.05, 0) is 70.8 Å². The van der Waals surface area contributed by atoms with E-state index in [1.807, 2.05) is 60.7 Å². The topological polar surface area (TPSA) is 106 Å². The van der Waals surface area contributed by atoms with Gasteiger partial charge < -0.3 is 4.89 Å². The van der Waals surface area contributed by atoms with Crippen molar-refractivity contribution in [2.24, 2.45) is 0 Å². The average molecular weight is 894 g/mol. The molecule has 0 unspecified atom stereocenters. The summed E-state index contributed by atoms with van der Waals surface area (Å²) >= 11 is 38.5. The highest BCUT2D eigenvalue weighted by atomic mass is 35.5. The molecule has 2 aliphatic rings. The summed E-state index contributed by atoms with van der Waals surface area (Å²) in [6, 6.07) is 26.1. The number of hydrogen-bond acceptors (Lipinski definition) is 8. The first-order valence-electron chi connectivity index (χ1n) is 17.6. The predicted molar refractivity (Wildman–Crippen MR) is 227 cm³/mol. The van der Waals surface area contributed by atoms with E-state index in [0.29, 0.717) is 99.7 Å². The lowest BCUT2D eigenvalue weighted by Crippen LogP contribution is -2.36. The van der Waals surface area contributed by atoms with Crippen LogP contribution in [0.3, 0.4) is 0 Å². The Hall–Kier alpha value is -4.19. The van der Waals surface area contributed by atoms with E-state index in [4.69, 9.17) is 78.7 Å². The Balaban J connectivity index is 1.27. The van der Waals surface area contributed by atoms with Crippen LogP contribution in [0.25, 0.3) is 66.6 Å². The average Bonchev–Trinajstić information content (AvgIpc) is 4.00. The van der Waals surface area contributed by atoms with Crippen molar-refractivity contribution in [3.8, 4) is 56.5 Å². The molecule has 8 aromatic rings. The number of benzene rings is 6. The minimum absolute atomic E-state index is 0.305. The minimum atomic E-state index is -4.15. The Morgan fingerprint density at radius 2 is 0.965 bits per heavy atom. The second-order valence-electron chi connectivity index (χ2n) is 13.5. The zero-order valence-electron chi connectivity index (χ0n) is 29.1. The van der Waals surface area contributed by atoms with Crippen molar-refractivity contribution in [1.29, 1.82) is 0 Å². The molecule has 17 heteroatoms. The fraction of sp³-hybridized carbons (Fsp3) is 0.100. The Bertz CT molecular complexity index is 2770. The summed E-state index contributed by atoms with van der Waals surface area (Å²) < 4.78 is 18.5. The zero-order valence-corrected chi connectivity index (χ0v) is 34.6. The highest BCUT2D eigenvalue weighted by Gasteiger charge is 2.49. The fourth-order valence-corrected chi connectivity index (χ4v) is 10.6. The van der Waals surface area contributed by atoms with Crippen LogP contribution in [-0.4, -0.2) is 47.7 Å². The van der Waals surface area contributed by atoms with Crippen LogP contribution in [0.1, 0.15) is 12.8 Å². The second kappa shape index (κ2) is 14.3. The summed E-state index contributed by atoms with van der Waals surface area (Å²) in [6.45, 7) is 1.01. The SMILES string of the molecule is [O-][P+]1(N2CCCC2)Oc2c(-c3cn(-c4cc(Cl)c(Cl)cc4Cl)nn3)cc3ccccc3c2-c2c(c(-c3cn(-c4cc(Cl)c(Cl)cc4Cl)nn3)cc3ccccc23)O1. The van der Waals surface area contributed by atoms with Gasteiger partial charge in [-0.25, -0.2) is 9.36 Å².